The molecule has 0 aliphatic rings. The Morgan fingerprint density at radius 3 is 2.15 bits per heavy atom. The molecule has 0 spiro atoms. The molecule has 3 rings (SSSR count). The molecule has 7 nitrogen and oxygen atoms in total. The van der Waals surface area contributed by atoms with Crippen molar-refractivity contribution >= 4 is 62.3 Å². The number of halogens is 3. The second-order valence-corrected chi connectivity index (χ2v) is 13.6. The fourth-order valence-electron chi connectivity index (χ4n) is 3.90. The van der Waals surface area contributed by atoms with E-state index < -0.39 is 34.1 Å². The number of sulfonamides is 1. The molecule has 1 atom stereocenters. The van der Waals surface area contributed by atoms with Crippen molar-refractivity contribution in [3.05, 3.63) is 92.9 Å². The minimum Gasteiger partial charge on any atom is -0.350 e. The minimum absolute atomic E-state index is 0.00288. The van der Waals surface area contributed by atoms with Crippen molar-refractivity contribution in [2.24, 2.45) is 0 Å². The third kappa shape index (κ3) is 8.13. The molecule has 40 heavy (non-hydrogen) atoms. The Labute approximate surface area is 251 Å². The average molecular weight is 625 g/mol. The predicted molar refractivity (Wildman–Crippen MR) is 162 cm³/mol. The average Bonchev–Trinajstić information content (AvgIpc) is 2.86. The summed E-state index contributed by atoms with van der Waals surface area (Å²) in [6, 6.07) is 16.6. The maximum atomic E-state index is 14.0. The van der Waals surface area contributed by atoms with Gasteiger partial charge in [-0.1, -0.05) is 64.6 Å². The zero-order chi connectivity index (χ0) is 29.8. The summed E-state index contributed by atoms with van der Waals surface area (Å²) >= 11 is 18.5. The molecule has 0 fully saturated rings. The Balaban J connectivity index is 2.07. The van der Waals surface area contributed by atoms with Crippen molar-refractivity contribution in [1.82, 2.24) is 10.2 Å². The summed E-state index contributed by atoms with van der Waals surface area (Å²) in [5.41, 5.74) is 1.16. The van der Waals surface area contributed by atoms with Gasteiger partial charge in [-0.15, -0.1) is 0 Å². The lowest BCUT2D eigenvalue weighted by Crippen LogP contribution is -2.54. The fraction of sp³-hybridized carbons (Fsp3) is 0.310. The topological polar surface area (TPSA) is 86.8 Å². The van der Waals surface area contributed by atoms with E-state index in [1.54, 1.807) is 43.3 Å². The maximum absolute atomic E-state index is 14.0. The van der Waals surface area contributed by atoms with Gasteiger partial charge in [0.1, 0.15) is 12.6 Å². The smallest absolute Gasteiger partial charge is 0.264 e. The maximum Gasteiger partial charge on any atom is 0.264 e. The number of nitrogens with one attached hydrogen (secondary N) is 1. The number of aryl methyl sites for hydroxylation is 1. The Kier molecular flexibility index (Phi) is 10.2. The van der Waals surface area contributed by atoms with Crippen LogP contribution in [0.4, 0.5) is 5.69 Å². The third-order valence-electron chi connectivity index (χ3n) is 5.99. The Bertz CT molecular complexity index is 1490. The third-order valence-corrected chi connectivity index (χ3v) is 8.75. The number of rotatable bonds is 9. The number of nitrogens with zero attached hydrogens (tertiary/aromatic N) is 2. The van der Waals surface area contributed by atoms with Gasteiger partial charge in [-0.3, -0.25) is 13.9 Å². The van der Waals surface area contributed by atoms with Crippen LogP contribution in [0, 0.1) is 6.92 Å². The van der Waals surface area contributed by atoms with E-state index >= 15 is 0 Å². The van der Waals surface area contributed by atoms with Gasteiger partial charge in [0, 0.05) is 17.1 Å². The van der Waals surface area contributed by atoms with Gasteiger partial charge in [0.05, 0.1) is 20.6 Å². The molecular weight excluding hydrogens is 593 g/mol. The van der Waals surface area contributed by atoms with E-state index in [2.05, 4.69) is 5.32 Å². The largest absolute Gasteiger partial charge is 0.350 e. The molecule has 0 bridgehead atoms. The molecule has 1 N–H and O–H groups in total. The second kappa shape index (κ2) is 12.8. The van der Waals surface area contributed by atoms with Crippen LogP contribution in [0.3, 0.4) is 0 Å². The van der Waals surface area contributed by atoms with Crippen LogP contribution in [0.25, 0.3) is 0 Å². The number of benzene rings is 3. The second-order valence-electron chi connectivity index (χ2n) is 10.5. The predicted octanol–water partition coefficient (Wildman–Crippen LogP) is 6.48. The number of hydrogen-bond donors (Lipinski definition) is 1. The molecule has 11 heteroatoms. The van der Waals surface area contributed by atoms with Crippen LogP contribution in [-0.4, -0.2) is 43.3 Å². The van der Waals surface area contributed by atoms with E-state index in [1.807, 2.05) is 27.7 Å². The lowest BCUT2D eigenvalue weighted by atomic mass is 10.1. The summed E-state index contributed by atoms with van der Waals surface area (Å²) in [4.78, 5) is 28.4. The highest BCUT2D eigenvalue weighted by Gasteiger charge is 2.33. The van der Waals surface area contributed by atoms with Gasteiger partial charge in [0.15, 0.2) is 0 Å². The van der Waals surface area contributed by atoms with Crippen LogP contribution in [0.15, 0.2) is 71.6 Å². The Morgan fingerprint density at radius 1 is 0.925 bits per heavy atom. The Hall–Kier alpha value is -2.78. The Morgan fingerprint density at radius 2 is 1.57 bits per heavy atom. The van der Waals surface area contributed by atoms with E-state index in [1.165, 1.54) is 35.2 Å². The first-order valence-corrected chi connectivity index (χ1v) is 15.1. The van der Waals surface area contributed by atoms with E-state index in [0.29, 0.717) is 10.6 Å². The summed E-state index contributed by atoms with van der Waals surface area (Å²) in [7, 11) is -4.22. The molecule has 0 aliphatic heterocycles. The van der Waals surface area contributed by atoms with Crippen molar-refractivity contribution in [3.8, 4) is 0 Å². The van der Waals surface area contributed by atoms with E-state index in [4.69, 9.17) is 34.8 Å². The molecule has 3 aromatic carbocycles. The highest BCUT2D eigenvalue weighted by atomic mass is 35.5. The molecule has 0 saturated heterocycles. The van der Waals surface area contributed by atoms with Crippen LogP contribution in [0.2, 0.25) is 15.1 Å². The first-order chi connectivity index (χ1) is 18.6. The summed E-state index contributed by atoms with van der Waals surface area (Å²) in [6.45, 7) is 8.37. The van der Waals surface area contributed by atoms with Crippen LogP contribution in [0.1, 0.15) is 38.8 Å². The molecule has 2 amide bonds. The molecule has 0 aromatic heterocycles. The lowest BCUT2D eigenvalue weighted by molar-refractivity contribution is -0.140. The number of anilines is 1. The molecule has 0 radical (unpaired) electrons. The van der Waals surface area contributed by atoms with Gasteiger partial charge >= 0.3 is 0 Å². The highest BCUT2D eigenvalue weighted by Crippen LogP contribution is 2.31. The van der Waals surface area contributed by atoms with Crippen LogP contribution < -0.4 is 9.62 Å². The van der Waals surface area contributed by atoms with Gasteiger partial charge < -0.3 is 10.2 Å². The summed E-state index contributed by atoms with van der Waals surface area (Å²) in [5.74, 6) is -0.983. The standard InChI is InChI=1S/C29H32Cl3N3O4S/c1-19-9-12-24(13-10-19)40(38,39)35(23-11-14-25(31)26(32)16-23)18-27(36)34(17-21-7-6-8-22(30)15-21)20(2)28(37)33-29(3,4)5/h6-16,20H,17-18H2,1-5H3,(H,33,37). The van der Waals surface area contributed by atoms with Gasteiger partial charge in [-0.25, -0.2) is 8.42 Å². The highest BCUT2D eigenvalue weighted by molar-refractivity contribution is 7.92. The summed E-state index contributed by atoms with van der Waals surface area (Å²) in [5, 5.41) is 3.72. The molecule has 0 heterocycles. The summed E-state index contributed by atoms with van der Waals surface area (Å²) in [6.07, 6.45) is 0. The first-order valence-electron chi connectivity index (χ1n) is 12.5. The van der Waals surface area contributed by atoms with Crippen molar-refractivity contribution in [1.29, 1.82) is 0 Å². The van der Waals surface area contributed by atoms with Gasteiger partial charge in [0.2, 0.25) is 11.8 Å². The van der Waals surface area contributed by atoms with Crippen molar-refractivity contribution in [2.75, 3.05) is 10.8 Å². The normalized spacial score (nSPS) is 12.5. The minimum atomic E-state index is -4.22. The lowest BCUT2D eigenvalue weighted by Gasteiger charge is -2.33. The monoisotopic (exact) mass is 623 g/mol. The van der Waals surface area contributed by atoms with Gasteiger partial charge in [-0.05, 0) is 82.6 Å². The van der Waals surface area contributed by atoms with Crippen molar-refractivity contribution < 1.29 is 18.0 Å². The van der Waals surface area contributed by atoms with E-state index in [0.717, 1.165) is 9.87 Å². The van der Waals surface area contributed by atoms with Crippen LogP contribution in [-0.2, 0) is 26.2 Å². The number of amides is 2. The molecule has 0 aliphatic carbocycles. The van der Waals surface area contributed by atoms with Crippen molar-refractivity contribution in [2.45, 2.75) is 57.6 Å². The molecular formula is C29H32Cl3N3O4S. The molecule has 214 valence electrons. The first kappa shape index (κ1) is 31.7. The fourth-order valence-corrected chi connectivity index (χ4v) is 5.81. The quantitative estimate of drug-likeness (QED) is 0.295. The zero-order valence-electron chi connectivity index (χ0n) is 22.9. The van der Waals surface area contributed by atoms with E-state index in [-0.39, 0.29) is 33.1 Å². The number of hydrogen-bond acceptors (Lipinski definition) is 4. The number of carbonyl (C=O) groups is 2. The van der Waals surface area contributed by atoms with Crippen LogP contribution >= 0.6 is 34.8 Å². The molecule has 1 unspecified atom stereocenters. The molecule has 0 saturated carbocycles. The molecule has 3 aromatic rings. The van der Waals surface area contributed by atoms with Gasteiger partial charge in [0.25, 0.3) is 10.0 Å². The van der Waals surface area contributed by atoms with E-state index in [9.17, 15) is 18.0 Å². The van der Waals surface area contributed by atoms with Gasteiger partial charge in [-0.2, -0.15) is 0 Å². The van der Waals surface area contributed by atoms with Crippen LogP contribution in [0.5, 0.6) is 0 Å². The SMILES string of the molecule is Cc1ccc(S(=O)(=O)N(CC(=O)N(Cc2cccc(Cl)c2)C(C)C(=O)NC(C)(C)C)c2ccc(Cl)c(Cl)c2)cc1. The van der Waals surface area contributed by atoms with Crippen molar-refractivity contribution in [3.63, 3.8) is 0 Å². The zero-order valence-corrected chi connectivity index (χ0v) is 26.0. The number of carbonyl (C=O) groups excluding carboxylic acids is 2. The summed E-state index contributed by atoms with van der Waals surface area (Å²) < 4.78 is 28.7.